The van der Waals surface area contributed by atoms with Crippen molar-refractivity contribution in [3.63, 3.8) is 0 Å². The molecule has 6 heteroatoms. The first-order chi connectivity index (χ1) is 9.49. The van der Waals surface area contributed by atoms with Gasteiger partial charge in [-0.05, 0) is 29.6 Å². The standard InChI is InChI=1S/C14H17F3N2O/c1-2-18-10-11-3-4-12-5-6-19(13(12)9-11)7-8-20-14(15,16)17/h3-6,9,18H,2,7-8,10H2,1H3. The Labute approximate surface area is 115 Å². The van der Waals surface area contributed by atoms with Gasteiger partial charge in [0.1, 0.15) is 0 Å². The van der Waals surface area contributed by atoms with Crippen LogP contribution in [0.2, 0.25) is 0 Å². The molecule has 0 radical (unpaired) electrons. The minimum atomic E-state index is -4.57. The highest BCUT2D eigenvalue weighted by atomic mass is 19.4. The normalized spacial score (nSPS) is 12.2. The summed E-state index contributed by atoms with van der Waals surface area (Å²) in [6.07, 6.45) is -2.79. The molecule has 0 saturated heterocycles. The van der Waals surface area contributed by atoms with E-state index < -0.39 is 6.36 Å². The SMILES string of the molecule is CCNCc1ccc2ccn(CCOC(F)(F)F)c2c1. The van der Waals surface area contributed by atoms with Crippen LogP contribution in [0.3, 0.4) is 0 Å². The molecule has 0 amide bonds. The lowest BCUT2D eigenvalue weighted by Gasteiger charge is -2.10. The average molecular weight is 286 g/mol. The smallest absolute Gasteiger partial charge is 0.345 e. The largest absolute Gasteiger partial charge is 0.522 e. The van der Waals surface area contributed by atoms with Gasteiger partial charge in [-0.15, -0.1) is 13.2 Å². The van der Waals surface area contributed by atoms with E-state index in [1.807, 2.05) is 31.2 Å². The summed E-state index contributed by atoms with van der Waals surface area (Å²) < 4.78 is 41.5. The molecule has 1 N–H and O–H groups in total. The van der Waals surface area contributed by atoms with Gasteiger partial charge in [0.2, 0.25) is 0 Å². The quantitative estimate of drug-likeness (QED) is 0.882. The summed E-state index contributed by atoms with van der Waals surface area (Å²) in [5.41, 5.74) is 2.03. The van der Waals surface area contributed by atoms with Gasteiger partial charge in [0.25, 0.3) is 0 Å². The van der Waals surface area contributed by atoms with Crippen molar-refractivity contribution in [2.75, 3.05) is 13.2 Å². The average Bonchev–Trinajstić information content (AvgIpc) is 2.78. The van der Waals surface area contributed by atoms with Crippen molar-refractivity contribution in [2.45, 2.75) is 26.4 Å². The van der Waals surface area contributed by atoms with E-state index in [1.165, 1.54) is 0 Å². The minimum Gasteiger partial charge on any atom is -0.345 e. The maximum atomic E-state index is 12.0. The summed E-state index contributed by atoms with van der Waals surface area (Å²) in [7, 11) is 0. The molecule has 0 aliphatic heterocycles. The predicted molar refractivity (Wildman–Crippen MR) is 71.3 cm³/mol. The third-order valence-corrected chi connectivity index (χ3v) is 3.02. The van der Waals surface area contributed by atoms with Crippen molar-refractivity contribution in [3.8, 4) is 0 Å². The molecule has 20 heavy (non-hydrogen) atoms. The van der Waals surface area contributed by atoms with Gasteiger partial charge in [0, 0.05) is 24.8 Å². The molecule has 2 rings (SSSR count). The highest BCUT2D eigenvalue weighted by Gasteiger charge is 2.28. The number of aromatic nitrogens is 1. The molecule has 1 aromatic heterocycles. The molecule has 1 heterocycles. The van der Waals surface area contributed by atoms with Gasteiger partial charge in [-0.25, -0.2) is 0 Å². The molecule has 0 aliphatic carbocycles. The summed E-state index contributed by atoms with van der Waals surface area (Å²) in [6.45, 7) is 3.43. The molecule has 0 saturated carbocycles. The molecule has 0 atom stereocenters. The van der Waals surface area contributed by atoms with Crippen LogP contribution in [0.1, 0.15) is 12.5 Å². The van der Waals surface area contributed by atoms with Gasteiger partial charge in [-0.3, -0.25) is 4.74 Å². The van der Waals surface area contributed by atoms with E-state index in [0.717, 1.165) is 29.6 Å². The molecule has 2 aromatic rings. The number of benzene rings is 1. The minimum absolute atomic E-state index is 0.174. The lowest BCUT2D eigenvalue weighted by molar-refractivity contribution is -0.325. The molecule has 1 aromatic carbocycles. The summed E-state index contributed by atoms with van der Waals surface area (Å²) in [4.78, 5) is 0. The summed E-state index contributed by atoms with van der Waals surface area (Å²) >= 11 is 0. The van der Waals surface area contributed by atoms with Gasteiger partial charge >= 0.3 is 6.36 Å². The van der Waals surface area contributed by atoms with Gasteiger partial charge < -0.3 is 9.88 Å². The maximum Gasteiger partial charge on any atom is 0.522 e. The number of hydrogen-bond donors (Lipinski definition) is 1. The highest BCUT2D eigenvalue weighted by molar-refractivity contribution is 5.80. The fraction of sp³-hybridized carbons (Fsp3) is 0.429. The first-order valence-electron chi connectivity index (χ1n) is 6.49. The molecule has 0 aliphatic rings. The molecular weight excluding hydrogens is 269 g/mol. The Bertz CT molecular complexity index is 563. The third-order valence-electron chi connectivity index (χ3n) is 3.02. The van der Waals surface area contributed by atoms with Crippen molar-refractivity contribution in [1.29, 1.82) is 0 Å². The number of ether oxygens (including phenoxy) is 1. The van der Waals surface area contributed by atoms with Crippen molar-refractivity contribution < 1.29 is 17.9 Å². The van der Waals surface area contributed by atoms with Crippen molar-refractivity contribution in [3.05, 3.63) is 36.0 Å². The number of hydrogen-bond acceptors (Lipinski definition) is 2. The van der Waals surface area contributed by atoms with E-state index in [2.05, 4.69) is 10.1 Å². The van der Waals surface area contributed by atoms with Gasteiger partial charge in [0.05, 0.1) is 6.61 Å². The van der Waals surface area contributed by atoms with Crippen molar-refractivity contribution >= 4 is 10.9 Å². The maximum absolute atomic E-state index is 12.0. The number of nitrogens with one attached hydrogen (secondary N) is 1. The Morgan fingerprint density at radius 1 is 1.25 bits per heavy atom. The Kier molecular flexibility index (Phi) is 4.67. The molecule has 110 valence electrons. The van der Waals surface area contributed by atoms with E-state index >= 15 is 0 Å². The number of alkyl halides is 3. The third kappa shape index (κ3) is 3.98. The van der Waals surface area contributed by atoms with Crippen molar-refractivity contribution in [2.24, 2.45) is 0 Å². The van der Waals surface area contributed by atoms with E-state index in [1.54, 1.807) is 10.8 Å². The van der Waals surface area contributed by atoms with Crippen molar-refractivity contribution in [1.82, 2.24) is 9.88 Å². The zero-order chi connectivity index (χ0) is 14.6. The molecule has 0 bridgehead atoms. The second-order valence-corrected chi connectivity index (χ2v) is 4.48. The first-order valence-corrected chi connectivity index (χ1v) is 6.49. The summed E-state index contributed by atoms with van der Waals surface area (Å²) in [6, 6.07) is 7.87. The highest BCUT2D eigenvalue weighted by Crippen LogP contribution is 2.19. The van der Waals surface area contributed by atoms with Gasteiger partial charge in [-0.2, -0.15) is 0 Å². The van der Waals surface area contributed by atoms with Crippen LogP contribution in [0.15, 0.2) is 30.5 Å². The number of halogens is 3. The fourth-order valence-electron chi connectivity index (χ4n) is 2.06. The number of nitrogens with zero attached hydrogens (tertiary/aromatic N) is 1. The topological polar surface area (TPSA) is 26.2 Å². The Morgan fingerprint density at radius 3 is 2.75 bits per heavy atom. The van der Waals surface area contributed by atoms with Gasteiger partial charge in [-0.1, -0.05) is 19.1 Å². The second-order valence-electron chi connectivity index (χ2n) is 4.48. The number of rotatable bonds is 6. The molecular formula is C14H17F3N2O. The monoisotopic (exact) mass is 286 g/mol. The van der Waals surface area contributed by atoms with E-state index in [-0.39, 0.29) is 13.2 Å². The van der Waals surface area contributed by atoms with Crippen LogP contribution in [-0.4, -0.2) is 24.1 Å². The Morgan fingerprint density at radius 2 is 2.05 bits per heavy atom. The van der Waals surface area contributed by atoms with Crippen LogP contribution < -0.4 is 5.32 Å². The second kappa shape index (κ2) is 6.28. The van der Waals surface area contributed by atoms with Crippen LogP contribution in [0.5, 0.6) is 0 Å². The molecule has 0 spiro atoms. The fourth-order valence-corrected chi connectivity index (χ4v) is 2.06. The Hall–Kier alpha value is -1.53. The molecule has 0 unspecified atom stereocenters. The van der Waals surface area contributed by atoms with Crippen LogP contribution in [0.25, 0.3) is 10.9 Å². The lowest BCUT2D eigenvalue weighted by atomic mass is 10.1. The number of fused-ring (bicyclic) bond motifs is 1. The van der Waals surface area contributed by atoms with Gasteiger partial charge in [0.15, 0.2) is 0 Å². The van der Waals surface area contributed by atoms with Crippen LogP contribution in [0.4, 0.5) is 13.2 Å². The summed E-state index contributed by atoms with van der Waals surface area (Å²) in [5, 5.41) is 4.23. The van der Waals surface area contributed by atoms with E-state index in [0.29, 0.717) is 0 Å². The molecule has 3 nitrogen and oxygen atoms in total. The zero-order valence-corrected chi connectivity index (χ0v) is 11.2. The predicted octanol–water partition coefficient (Wildman–Crippen LogP) is 3.29. The lowest BCUT2D eigenvalue weighted by Crippen LogP contribution is -2.17. The van der Waals surface area contributed by atoms with Crippen LogP contribution in [-0.2, 0) is 17.8 Å². The van der Waals surface area contributed by atoms with E-state index in [4.69, 9.17) is 0 Å². The Balaban J connectivity index is 2.08. The van der Waals surface area contributed by atoms with Crippen LogP contribution in [0, 0.1) is 0 Å². The first kappa shape index (κ1) is 14.9. The zero-order valence-electron chi connectivity index (χ0n) is 11.2. The molecule has 0 fully saturated rings. The van der Waals surface area contributed by atoms with Crippen LogP contribution >= 0.6 is 0 Å². The summed E-state index contributed by atoms with van der Waals surface area (Å²) in [5.74, 6) is 0. The van der Waals surface area contributed by atoms with E-state index in [9.17, 15) is 13.2 Å².